The average Bonchev–Trinajstić information content (AvgIpc) is 2.59. The molecule has 3 amide bonds. The third-order valence-corrected chi connectivity index (χ3v) is 3.42. The minimum Gasteiger partial charge on any atom is -0.458 e. The molecular weight excluding hydrogens is 346 g/mol. The lowest BCUT2D eigenvalue weighted by molar-refractivity contribution is -0.157. The first-order chi connectivity index (χ1) is 12.7. The van der Waals surface area contributed by atoms with Gasteiger partial charge in [0.2, 0.25) is 0 Å². The van der Waals surface area contributed by atoms with Crippen LogP contribution < -0.4 is 16.0 Å². The van der Waals surface area contributed by atoms with Gasteiger partial charge in [0, 0.05) is 17.8 Å². The Morgan fingerprint density at radius 2 is 2.00 bits per heavy atom. The summed E-state index contributed by atoms with van der Waals surface area (Å²) in [6.07, 6.45) is 8.51. The van der Waals surface area contributed by atoms with E-state index in [1.54, 1.807) is 45.0 Å². The third-order valence-electron chi connectivity index (χ3n) is 3.42. The molecule has 27 heavy (non-hydrogen) atoms. The van der Waals surface area contributed by atoms with E-state index in [0.717, 1.165) is 0 Å². The molecule has 7 heteroatoms. The van der Waals surface area contributed by atoms with Crippen molar-refractivity contribution < 1.29 is 19.1 Å². The third kappa shape index (κ3) is 9.31. The van der Waals surface area contributed by atoms with E-state index in [2.05, 4.69) is 21.9 Å². The fraction of sp³-hybridized carbons (Fsp3) is 0.450. The first-order valence-electron chi connectivity index (χ1n) is 8.72. The van der Waals surface area contributed by atoms with Crippen LogP contribution in [-0.2, 0) is 14.3 Å². The van der Waals surface area contributed by atoms with E-state index >= 15 is 0 Å². The number of hydrogen-bond acceptors (Lipinski definition) is 4. The van der Waals surface area contributed by atoms with Gasteiger partial charge in [0.15, 0.2) is 0 Å². The molecule has 0 spiro atoms. The molecule has 1 rings (SSSR count). The molecule has 0 aliphatic rings. The van der Waals surface area contributed by atoms with Crippen LogP contribution in [-0.4, -0.2) is 36.6 Å². The zero-order chi connectivity index (χ0) is 20.3. The smallest absolute Gasteiger partial charge is 0.329 e. The summed E-state index contributed by atoms with van der Waals surface area (Å²) < 4.78 is 5.26. The maximum absolute atomic E-state index is 12.0. The topological polar surface area (TPSA) is 96.5 Å². The van der Waals surface area contributed by atoms with Crippen LogP contribution in [0.3, 0.4) is 0 Å². The number of anilines is 1. The molecular formula is C20H26N3O4. The van der Waals surface area contributed by atoms with Gasteiger partial charge in [-0.1, -0.05) is 12.0 Å². The molecule has 0 saturated heterocycles. The van der Waals surface area contributed by atoms with Gasteiger partial charge in [0.05, 0.1) is 0 Å². The predicted octanol–water partition coefficient (Wildman–Crippen LogP) is 2.33. The van der Waals surface area contributed by atoms with Crippen molar-refractivity contribution in [2.24, 2.45) is 0 Å². The Morgan fingerprint density at radius 3 is 2.63 bits per heavy atom. The molecule has 0 aliphatic heterocycles. The largest absolute Gasteiger partial charge is 0.458 e. The number of hydrogen-bond donors (Lipinski definition) is 3. The maximum atomic E-state index is 12.0. The van der Waals surface area contributed by atoms with Crippen molar-refractivity contribution in [2.75, 3.05) is 11.9 Å². The van der Waals surface area contributed by atoms with Crippen molar-refractivity contribution in [3.8, 4) is 12.3 Å². The molecule has 1 atom stereocenters. The summed E-state index contributed by atoms with van der Waals surface area (Å²) in [6, 6.07) is 5.89. The summed E-state index contributed by atoms with van der Waals surface area (Å²) in [6.45, 7) is 5.70. The fourth-order valence-corrected chi connectivity index (χ4v) is 2.23. The first-order valence-corrected chi connectivity index (χ1v) is 8.72. The molecule has 3 N–H and O–H groups in total. The van der Waals surface area contributed by atoms with Gasteiger partial charge in [-0.25, -0.2) is 9.59 Å². The zero-order valence-electron chi connectivity index (χ0n) is 15.9. The summed E-state index contributed by atoms with van der Waals surface area (Å²) in [5, 5.41) is 7.78. The lowest BCUT2D eigenvalue weighted by atomic mass is 10.1. The van der Waals surface area contributed by atoms with Gasteiger partial charge < -0.3 is 20.7 Å². The van der Waals surface area contributed by atoms with E-state index in [4.69, 9.17) is 11.2 Å². The molecule has 0 heterocycles. The Labute approximate surface area is 160 Å². The summed E-state index contributed by atoms with van der Waals surface area (Å²) >= 11 is 0. The second-order valence-corrected chi connectivity index (χ2v) is 6.93. The molecule has 0 saturated carbocycles. The van der Waals surface area contributed by atoms with E-state index < -0.39 is 17.6 Å². The van der Waals surface area contributed by atoms with E-state index in [1.165, 1.54) is 6.41 Å². The Hall–Kier alpha value is -3.01. The second-order valence-electron chi connectivity index (χ2n) is 6.93. The van der Waals surface area contributed by atoms with Crippen LogP contribution in [0.4, 0.5) is 10.5 Å². The molecule has 1 aromatic carbocycles. The van der Waals surface area contributed by atoms with Crippen LogP contribution in [0, 0.1) is 12.3 Å². The standard InChI is InChI=1S/C20H26N3O4/c1-5-15-9-8-10-16(13-15)23-19(26)21-12-7-6-11-17(22-14-24)18(25)27-20(2,3)4/h1,8-10,13,17H,6-7,11-12H2,2-4H3,(H,22,24)(H2,21,23,26). The minimum absolute atomic E-state index is 0.341. The number of rotatable bonds is 9. The number of carbonyl (C=O) groups is 2. The van der Waals surface area contributed by atoms with E-state index in [0.29, 0.717) is 37.1 Å². The lowest BCUT2D eigenvalue weighted by Gasteiger charge is -2.23. The number of amides is 3. The van der Waals surface area contributed by atoms with Crippen molar-refractivity contribution in [2.45, 2.75) is 51.7 Å². The highest BCUT2D eigenvalue weighted by Gasteiger charge is 2.24. The van der Waals surface area contributed by atoms with Crippen molar-refractivity contribution >= 4 is 24.1 Å². The fourth-order valence-electron chi connectivity index (χ4n) is 2.23. The molecule has 0 aromatic heterocycles. The second kappa shape index (κ2) is 10.9. The number of benzene rings is 1. The normalized spacial score (nSPS) is 11.6. The van der Waals surface area contributed by atoms with E-state index in [9.17, 15) is 14.4 Å². The highest BCUT2D eigenvalue weighted by Crippen LogP contribution is 2.11. The number of terminal acetylenes is 1. The lowest BCUT2D eigenvalue weighted by Crippen LogP contribution is -2.40. The van der Waals surface area contributed by atoms with Crippen molar-refractivity contribution in [1.29, 1.82) is 0 Å². The van der Waals surface area contributed by atoms with Gasteiger partial charge in [-0.05, 0) is 58.2 Å². The maximum Gasteiger partial charge on any atom is 0.329 e. The van der Waals surface area contributed by atoms with Crippen molar-refractivity contribution in [3.63, 3.8) is 0 Å². The summed E-state index contributed by atoms with van der Waals surface area (Å²) in [5.41, 5.74) is 0.662. The quantitative estimate of drug-likeness (QED) is 0.268. The van der Waals surface area contributed by atoms with Gasteiger partial charge in [0.1, 0.15) is 11.6 Å². The van der Waals surface area contributed by atoms with E-state index in [-0.39, 0.29) is 6.03 Å². The molecule has 1 unspecified atom stereocenters. The predicted molar refractivity (Wildman–Crippen MR) is 104 cm³/mol. The Balaban J connectivity index is 2.32. The SMILES string of the molecule is C#Cc1cccc(NC(=O)NCCCCC(N[C]=O)C(=O)OC(C)(C)C)c1. The molecule has 0 bridgehead atoms. The molecule has 0 fully saturated rings. The number of carbonyl (C=O) groups excluding carboxylic acids is 3. The van der Waals surface area contributed by atoms with Crippen LogP contribution in [0.1, 0.15) is 45.6 Å². The first kappa shape index (κ1) is 22.0. The van der Waals surface area contributed by atoms with Gasteiger partial charge in [-0.15, -0.1) is 6.42 Å². The van der Waals surface area contributed by atoms with Gasteiger partial charge >= 0.3 is 18.4 Å². The number of ether oxygens (including phenoxy) is 1. The Bertz CT molecular complexity index is 689. The van der Waals surface area contributed by atoms with Gasteiger partial charge in [-0.3, -0.25) is 4.79 Å². The van der Waals surface area contributed by atoms with Crippen LogP contribution >= 0.6 is 0 Å². The number of nitrogens with one attached hydrogen (secondary N) is 3. The highest BCUT2D eigenvalue weighted by molar-refractivity contribution is 5.89. The molecule has 1 radical (unpaired) electrons. The van der Waals surface area contributed by atoms with Crippen LogP contribution in [0.2, 0.25) is 0 Å². The molecule has 7 nitrogen and oxygen atoms in total. The molecule has 145 valence electrons. The Morgan fingerprint density at radius 1 is 1.26 bits per heavy atom. The van der Waals surface area contributed by atoms with E-state index in [1.807, 2.05) is 0 Å². The number of esters is 1. The van der Waals surface area contributed by atoms with Gasteiger partial charge in [0.25, 0.3) is 0 Å². The molecule has 1 aromatic rings. The summed E-state index contributed by atoms with van der Waals surface area (Å²) in [7, 11) is 0. The molecule has 0 aliphatic carbocycles. The monoisotopic (exact) mass is 372 g/mol. The summed E-state index contributed by atoms with van der Waals surface area (Å²) in [4.78, 5) is 34.4. The highest BCUT2D eigenvalue weighted by atomic mass is 16.6. The number of urea groups is 1. The minimum atomic E-state index is -0.748. The van der Waals surface area contributed by atoms with Crippen molar-refractivity contribution in [1.82, 2.24) is 10.6 Å². The zero-order valence-corrected chi connectivity index (χ0v) is 15.9. The Kier molecular flexibility index (Phi) is 8.86. The van der Waals surface area contributed by atoms with Crippen molar-refractivity contribution in [3.05, 3.63) is 29.8 Å². The van der Waals surface area contributed by atoms with Crippen LogP contribution in [0.5, 0.6) is 0 Å². The summed E-state index contributed by atoms with van der Waals surface area (Å²) in [5.74, 6) is 2.01. The van der Waals surface area contributed by atoms with Crippen LogP contribution in [0.25, 0.3) is 0 Å². The van der Waals surface area contributed by atoms with Crippen LogP contribution in [0.15, 0.2) is 24.3 Å². The average molecular weight is 372 g/mol. The van der Waals surface area contributed by atoms with Gasteiger partial charge in [-0.2, -0.15) is 0 Å². The number of unbranched alkanes of at least 4 members (excludes halogenated alkanes) is 1.